The Bertz CT molecular complexity index is 316. The zero-order valence-electron chi connectivity index (χ0n) is 11.4. The molecule has 2 atom stereocenters. The van der Waals surface area contributed by atoms with Crippen LogP contribution in [0.15, 0.2) is 0 Å². The van der Waals surface area contributed by atoms with E-state index in [-0.39, 0.29) is 17.7 Å². The number of carbonyl (C=O) groups excluding carboxylic acids is 3. The largest absolute Gasteiger partial charge is 0.368 e. The summed E-state index contributed by atoms with van der Waals surface area (Å²) in [6.45, 7) is 7.01. The Balaban J connectivity index is 4.63. The van der Waals surface area contributed by atoms with Crippen molar-refractivity contribution in [2.24, 2.45) is 11.7 Å². The number of nitrogens with two attached hydrogens (primary N) is 1. The normalized spacial score (nSPS) is 13.8. The predicted molar refractivity (Wildman–Crippen MR) is 68.5 cm³/mol. The molecule has 0 spiro atoms. The lowest BCUT2D eigenvalue weighted by atomic mass is 10.0. The van der Waals surface area contributed by atoms with Gasteiger partial charge in [0, 0.05) is 6.92 Å². The van der Waals surface area contributed by atoms with Crippen LogP contribution in [0.25, 0.3) is 0 Å². The Morgan fingerprint density at radius 2 is 1.67 bits per heavy atom. The van der Waals surface area contributed by atoms with Gasteiger partial charge in [-0.15, -0.1) is 0 Å². The van der Waals surface area contributed by atoms with Gasteiger partial charge in [0.05, 0.1) is 0 Å². The number of rotatable bonds is 7. The molecule has 0 aliphatic rings. The van der Waals surface area contributed by atoms with Gasteiger partial charge < -0.3 is 16.4 Å². The number of primary amides is 1. The molecule has 18 heavy (non-hydrogen) atoms. The maximum absolute atomic E-state index is 12.0. The van der Waals surface area contributed by atoms with Crippen LogP contribution < -0.4 is 16.4 Å². The minimum absolute atomic E-state index is 0.251. The summed E-state index contributed by atoms with van der Waals surface area (Å²) >= 11 is 0. The van der Waals surface area contributed by atoms with E-state index in [0.29, 0.717) is 12.8 Å². The summed E-state index contributed by atoms with van der Waals surface area (Å²) in [5.41, 5.74) is 5.16. The number of amides is 3. The van der Waals surface area contributed by atoms with Crippen molar-refractivity contribution in [3.8, 4) is 0 Å². The molecule has 0 bridgehead atoms. The van der Waals surface area contributed by atoms with E-state index >= 15 is 0 Å². The maximum Gasteiger partial charge on any atom is 0.243 e. The van der Waals surface area contributed by atoms with Gasteiger partial charge in [-0.05, 0) is 18.8 Å². The lowest BCUT2D eigenvalue weighted by Gasteiger charge is -2.22. The van der Waals surface area contributed by atoms with E-state index in [9.17, 15) is 14.4 Å². The number of hydrogen-bond donors (Lipinski definition) is 3. The highest BCUT2D eigenvalue weighted by Gasteiger charge is 2.24. The monoisotopic (exact) mass is 257 g/mol. The fraction of sp³-hybridized carbons (Fsp3) is 0.750. The Kier molecular flexibility index (Phi) is 7.00. The third kappa shape index (κ3) is 6.22. The summed E-state index contributed by atoms with van der Waals surface area (Å²) in [6.07, 6.45) is 0.941. The van der Waals surface area contributed by atoms with Crippen LogP contribution in [0.3, 0.4) is 0 Å². The third-order valence-corrected chi connectivity index (χ3v) is 2.47. The summed E-state index contributed by atoms with van der Waals surface area (Å²) in [7, 11) is 0. The van der Waals surface area contributed by atoms with E-state index in [1.165, 1.54) is 6.92 Å². The molecule has 0 saturated carbocycles. The van der Waals surface area contributed by atoms with Crippen LogP contribution in [0.5, 0.6) is 0 Å². The molecule has 0 fully saturated rings. The van der Waals surface area contributed by atoms with E-state index in [2.05, 4.69) is 10.6 Å². The molecule has 0 aromatic carbocycles. The number of hydrogen-bond acceptors (Lipinski definition) is 3. The van der Waals surface area contributed by atoms with Crippen LogP contribution in [0.2, 0.25) is 0 Å². The van der Waals surface area contributed by atoms with Gasteiger partial charge in [0.25, 0.3) is 0 Å². The minimum Gasteiger partial charge on any atom is -0.368 e. The average molecular weight is 257 g/mol. The van der Waals surface area contributed by atoms with Crippen molar-refractivity contribution < 1.29 is 14.4 Å². The molecule has 0 unspecified atom stereocenters. The maximum atomic E-state index is 12.0. The second-order valence-electron chi connectivity index (χ2n) is 4.75. The summed E-state index contributed by atoms with van der Waals surface area (Å²) in [6, 6.07) is -1.32. The molecule has 4 N–H and O–H groups in total. The molecule has 0 aromatic heterocycles. The molecule has 6 heteroatoms. The Morgan fingerprint density at radius 1 is 1.11 bits per heavy atom. The third-order valence-electron chi connectivity index (χ3n) is 2.47. The lowest BCUT2D eigenvalue weighted by molar-refractivity contribution is -0.131. The molecule has 0 heterocycles. The summed E-state index contributed by atoms with van der Waals surface area (Å²) < 4.78 is 0. The van der Waals surface area contributed by atoms with Crippen LogP contribution >= 0.6 is 0 Å². The standard InChI is InChI=1S/C12H23N3O3/c1-5-9(11(13)17)15-12(18)10(6-7(2)3)14-8(4)16/h7,9-10H,5-6H2,1-4H3,(H2,13,17)(H,14,16)(H,15,18)/t9-,10+/m1/s1. The van der Waals surface area contributed by atoms with E-state index < -0.39 is 18.0 Å². The molecular formula is C12H23N3O3. The second-order valence-corrected chi connectivity index (χ2v) is 4.75. The first kappa shape index (κ1) is 16.4. The molecule has 0 saturated heterocycles. The van der Waals surface area contributed by atoms with Crippen molar-refractivity contribution in [1.29, 1.82) is 0 Å². The van der Waals surface area contributed by atoms with Crippen molar-refractivity contribution in [3.05, 3.63) is 0 Å². The Labute approximate surface area is 108 Å². The highest BCUT2D eigenvalue weighted by molar-refractivity contribution is 5.91. The van der Waals surface area contributed by atoms with Crippen LogP contribution in [-0.4, -0.2) is 29.8 Å². The first-order chi connectivity index (χ1) is 8.27. The van der Waals surface area contributed by atoms with Crippen molar-refractivity contribution in [3.63, 3.8) is 0 Å². The van der Waals surface area contributed by atoms with Crippen molar-refractivity contribution in [2.45, 2.75) is 52.6 Å². The van der Waals surface area contributed by atoms with Crippen molar-refractivity contribution >= 4 is 17.7 Å². The van der Waals surface area contributed by atoms with Crippen LogP contribution in [0.1, 0.15) is 40.5 Å². The van der Waals surface area contributed by atoms with E-state index in [0.717, 1.165) is 0 Å². The molecular weight excluding hydrogens is 234 g/mol. The van der Waals surface area contributed by atoms with Gasteiger partial charge in [0.2, 0.25) is 17.7 Å². The smallest absolute Gasteiger partial charge is 0.243 e. The van der Waals surface area contributed by atoms with Crippen molar-refractivity contribution in [2.75, 3.05) is 0 Å². The van der Waals surface area contributed by atoms with Gasteiger partial charge >= 0.3 is 0 Å². The zero-order valence-corrected chi connectivity index (χ0v) is 11.4. The molecule has 6 nitrogen and oxygen atoms in total. The summed E-state index contributed by atoms with van der Waals surface area (Å²) in [4.78, 5) is 34.1. The SMILES string of the molecule is CC[C@@H](NC(=O)[C@H](CC(C)C)NC(C)=O)C(N)=O. The van der Waals surface area contributed by atoms with Gasteiger partial charge in [0.15, 0.2) is 0 Å². The molecule has 104 valence electrons. The van der Waals surface area contributed by atoms with Crippen molar-refractivity contribution in [1.82, 2.24) is 10.6 Å². The summed E-state index contributed by atoms with van der Waals surface area (Å²) in [5, 5.41) is 5.13. The van der Waals surface area contributed by atoms with Gasteiger partial charge in [-0.25, -0.2) is 0 Å². The fourth-order valence-electron chi connectivity index (χ4n) is 1.59. The lowest BCUT2D eigenvalue weighted by Crippen LogP contribution is -2.52. The molecule has 0 aliphatic carbocycles. The van der Waals surface area contributed by atoms with Gasteiger partial charge in [0.1, 0.15) is 12.1 Å². The van der Waals surface area contributed by atoms with E-state index in [4.69, 9.17) is 5.73 Å². The Morgan fingerprint density at radius 3 is 2.00 bits per heavy atom. The quantitative estimate of drug-likeness (QED) is 0.594. The zero-order chi connectivity index (χ0) is 14.3. The molecule has 0 rings (SSSR count). The van der Waals surface area contributed by atoms with E-state index in [1.54, 1.807) is 6.92 Å². The highest BCUT2D eigenvalue weighted by atomic mass is 16.2. The molecule has 0 radical (unpaired) electrons. The molecule has 3 amide bonds. The Hall–Kier alpha value is -1.59. The number of carbonyl (C=O) groups is 3. The first-order valence-electron chi connectivity index (χ1n) is 6.14. The van der Waals surface area contributed by atoms with Gasteiger partial charge in [-0.2, -0.15) is 0 Å². The van der Waals surface area contributed by atoms with Crippen LogP contribution in [0.4, 0.5) is 0 Å². The topological polar surface area (TPSA) is 101 Å². The number of nitrogens with one attached hydrogen (secondary N) is 2. The summed E-state index contributed by atoms with van der Waals surface area (Å²) in [5.74, 6) is -0.967. The second kappa shape index (κ2) is 7.68. The van der Waals surface area contributed by atoms with Crippen LogP contribution in [0, 0.1) is 5.92 Å². The highest BCUT2D eigenvalue weighted by Crippen LogP contribution is 2.05. The first-order valence-corrected chi connectivity index (χ1v) is 6.14. The van der Waals surface area contributed by atoms with E-state index in [1.807, 2.05) is 13.8 Å². The molecule has 0 aromatic rings. The minimum atomic E-state index is -0.694. The molecule has 0 aliphatic heterocycles. The van der Waals surface area contributed by atoms with Crippen LogP contribution in [-0.2, 0) is 14.4 Å². The fourth-order valence-corrected chi connectivity index (χ4v) is 1.59. The average Bonchev–Trinajstić information content (AvgIpc) is 2.22. The van der Waals surface area contributed by atoms with Gasteiger partial charge in [-0.3, -0.25) is 14.4 Å². The predicted octanol–water partition coefficient (Wildman–Crippen LogP) is -0.0827. The van der Waals surface area contributed by atoms with Gasteiger partial charge in [-0.1, -0.05) is 20.8 Å².